The molecule has 1 aromatic heterocycles. The maximum atomic E-state index is 12.5. The third-order valence-electron chi connectivity index (χ3n) is 4.23. The van der Waals surface area contributed by atoms with Crippen LogP contribution in [0.15, 0.2) is 47.2 Å². The molecule has 3 rings (SSSR count). The van der Waals surface area contributed by atoms with E-state index in [9.17, 15) is 4.79 Å². The second-order valence-corrected chi connectivity index (χ2v) is 6.53. The smallest absolute Gasteiger partial charge is 0.227 e. The van der Waals surface area contributed by atoms with Gasteiger partial charge in [0.1, 0.15) is 0 Å². The lowest BCUT2D eigenvalue weighted by atomic mass is 9.94. The molecule has 1 atom stereocenters. The molecule has 2 nitrogen and oxygen atoms in total. The molecule has 110 valence electrons. The highest BCUT2D eigenvalue weighted by Crippen LogP contribution is 2.26. The Morgan fingerprint density at radius 2 is 2.05 bits per heavy atom. The van der Waals surface area contributed by atoms with Gasteiger partial charge in [-0.1, -0.05) is 36.8 Å². The number of rotatable bonds is 3. The van der Waals surface area contributed by atoms with Crippen molar-refractivity contribution in [2.75, 3.05) is 13.1 Å². The first-order valence-corrected chi connectivity index (χ1v) is 8.61. The Hall–Kier alpha value is -1.61. The molecule has 0 unspecified atom stereocenters. The predicted octanol–water partition coefficient (Wildman–Crippen LogP) is 4.09. The highest BCUT2D eigenvalue weighted by atomic mass is 32.1. The van der Waals surface area contributed by atoms with Crippen LogP contribution in [0.25, 0.3) is 0 Å². The molecule has 1 aromatic carbocycles. The summed E-state index contributed by atoms with van der Waals surface area (Å²) in [5.74, 6) is 0.761. The monoisotopic (exact) mass is 299 g/mol. The van der Waals surface area contributed by atoms with Gasteiger partial charge in [0, 0.05) is 19.0 Å². The number of carbonyl (C=O) groups is 1. The molecule has 1 fully saturated rings. The van der Waals surface area contributed by atoms with E-state index in [1.54, 1.807) is 11.3 Å². The van der Waals surface area contributed by atoms with Gasteiger partial charge in [-0.2, -0.15) is 11.3 Å². The average Bonchev–Trinajstić information content (AvgIpc) is 2.89. The first-order valence-electron chi connectivity index (χ1n) is 7.67. The zero-order valence-electron chi connectivity index (χ0n) is 12.2. The van der Waals surface area contributed by atoms with Gasteiger partial charge in [-0.15, -0.1) is 0 Å². The van der Waals surface area contributed by atoms with Crippen LogP contribution in [0.1, 0.15) is 36.3 Å². The van der Waals surface area contributed by atoms with E-state index in [2.05, 4.69) is 46.7 Å². The van der Waals surface area contributed by atoms with Crippen LogP contribution < -0.4 is 0 Å². The Bertz CT molecular complexity index is 564. The minimum atomic E-state index is 0.274. The van der Waals surface area contributed by atoms with Gasteiger partial charge < -0.3 is 4.90 Å². The van der Waals surface area contributed by atoms with Gasteiger partial charge in [0.2, 0.25) is 5.91 Å². The van der Waals surface area contributed by atoms with E-state index < -0.39 is 0 Å². The second kappa shape index (κ2) is 6.90. The van der Waals surface area contributed by atoms with Gasteiger partial charge in [0.25, 0.3) is 0 Å². The number of benzene rings is 1. The molecule has 0 aliphatic carbocycles. The van der Waals surface area contributed by atoms with Crippen LogP contribution in [0.2, 0.25) is 0 Å². The topological polar surface area (TPSA) is 20.3 Å². The summed E-state index contributed by atoms with van der Waals surface area (Å²) in [4.78, 5) is 14.6. The fraction of sp³-hybridized carbons (Fsp3) is 0.389. The van der Waals surface area contributed by atoms with E-state index in [4.69, 9.17) is 0 Å². The van der Waals surface area contributed by atoms with Crippen molar-refractivity contribution >= 4 is 17.2 Å². The van der Waals surface area contributed by atoms with Gasteiger partial charge >= 0.3 is 0 Å². The van der Waals surface area contributed by atoms with Crippen molar-refractivity contribution in [1.29, 1.82) is 0 Å². The van der Waals surface area contributed by atoms with Crippen molar-refractivity contribution in [1.82, 2.24) is 4.90 Å². The van der Waals surface area contributed by atoms with Crippen LogP contribution in [-0.2, 0) is 11.2 Å². The molecule has 2 heterocycles. The normalized spacial score (nSPS) is 19.2. The van der Waals surface area contributed by atoms with Crippen molar-refractivity contribution in [3.05, 3.63) is 58.3 Å². The molecule has 1 saturated heterocycles. The summed E-state index contributed by atoms with van der Waals surface area (Å²) in [7, 11) is 0. The minimum Gasteiger partial charge on any atom is -0.342 e. The van der Waals surface area contributed by atoms with Crippen molar-refractivity contribution in [3.63, 3.8) is 0 Å². The molecule has 1 amide bonds. The van der Waals surface area contributed by atoms with Crippen molar-refractivity contribution in [2.45, 2.75) is 31.6 Å². The molecule has 0 bridgehead atoms. The molecule has 21 heavy (non-hydrogen) atoms. The highest BCUT2D eigenvalue weighted by molar-refractivity contribution is 7.07. The summed E-state index contributed by atoms with van der Waals surface area (Å²) < 4.78 is 0. The lowest BCUT2D eigenvalue weighted by Crippen LogP contribution is -2.35. The minimum absolute atomic E-state index is 0.274. The van der Waals surface area contributed by atoms with Gasteiger partial charge in [-0.25, -0.2) is 0 Å². The first kappa shape index (κ1) is 14.3. The summed E-state index contributed by atoms with van der Waals surface area (Å²) >= 11 is 1.66. The number of likely N-dealkylation sites (tertiary alicyclic amines) is 1. The Balaban J connectivity index is 1.68. The lowest BCUT2D eigenvalue weighted by molar-refractivity contribution is -0.130. The molecule has 0 saturated carbocycles. The molecule has 2 aromatic rings. The predicted molar refractivity (Wildman–Crippen MR) is 87.6 cm³/mol. The molecule has 0 N–H and O–H groups in total. The number of nitrogens with zero attached hydrogens (tertiary/aromatic N) is 1. The molecular weight excluding hydrogens is 278 g/mol. The van der Waals surface area contributed by atoms with E-state index >= 15 is 0 Å². The Morgan fingerprint density at radius 1 is 1.19 bits per heavy atom. The summed E-state index contributed by atoms with van der Waals surface area (Å²) in [6.45, 7) is 1.78. The molecule has 1 aliphatic heterocycles. The number of hydrogen-bond donors (Lipinski definition) is 0. The SMILES string of the molecule is O=C(Cc1ccsc1)N1CCCC[C@H](c2ccccc2)C1. The largest absolute Gasteiger partial charge is 0.342 e. The van der Waals surface area contributed by atoms with Crippen LogP contribution in [0.5, 0.6) is 0 Å². The average molecular weight is 299 g/mol. The Labute approximate surface area is 130 Å². The van der Waals surface area contributed by atoms with E-state index in [-0.39, 0.29) is 5.91 Å². The standard InChI is InChI=1S/C18H21NOS/c20-18(12-15-9-11-21-14-15)19-10-5-4-8-17(13-19)16-6-2-1-3-7-16/h1-3,6-7,9,11,14,17H,4-5,8,10,12-13H2/t17-/m0/s1. The zero-order chi connectivity index (χ0) is 14.5. The van der Waals surface area contributed by atoms with Gasteiger partial charge in [0.15, 0.2) is 0 Å². The molecule has 0 radical (unpaired) electrons. The van der Waals surface area contributed by atoms with E-state index in [0.29, 0.717) is 12.3 Å². The third-order valence-corrected chi connectivity index (χ3v) is 4.96. The van der Waals surface area contributed by atoms with Gasteiger partial charge in [0.05, 0.1) is 6.42 Å². The lowest BCUT2D eigenvalue weighted by Gasteiger charge is -2.25. The maximum Gasteiger partial charge on any atom is 0.227 e. The first-order chi connectivity index (χ1) is 10.3. The van der Waals surface area contributed by atoms with Crippen LogP contribution in [-0.4, -0.2) is 23.9 Å². The third kappa shape index (κ3) is 3.73. The van der Waals surface area contributed by atoms with Gasteiger partial charge in [-0.3, -0.25) is 4.79 Å². The van der Waals surface area contributed by atoms with Crippen LogP contribution in [0.3, 0.4) is 0 Å². The Morgan fingerprint density at radius 3 is 2.81 bits per heavy atom. The summed E-state index contributed by atoms with van der Waals surface area (Å²) in [5, 5.41) is 4.11. The molecule has 1 aliphatic rings. The number of hydrogen-bond acceptors (Lipinski definition) is 2. The number of carbonyl (C=O) groups excluding carboxylic acids is 1. The Kier molecular flexibility index (Phi) is 4.71. The van der Waals surface area contributed by atoms with E-state index in [1.165, 1.54) is 18.4 Å². The van der Waals surface area contributed by atoms with Crippen LogP contribution in [0, 0.1) is 0 Å². The van der Waals surface area contributed by atoms with Crippen molar-refractivity contribution in [3.8, 4) is 0 Å². The van der Waals surface area contributed by atoms with Crippen molar-refractivity contribution in [2.24, 2.45) is 0 Å². The fourth-order valence-corrected chi connectivity index (χ4v) is 3.71. The number of amides is 1. The van der Waals surface area contributed by atoms with Crippen LogP contribution in [0.4, 0.5) is 0 Å². The second-order valence-electron chi connectivity index (χ2n) is 5.75. The molecule has 3 heteroatoms. The van der Waals surface area contributed by atoms with Gasteiger partial charge in [-0.05, 0) is 40.8 Å². The molecular formula is C18H21NOS. The fourth-order valence-electron chi connectivity index (χ4n) is 3.05. The summed E-state index contributed by atoms with van der Waals surface area (Å²) in [6.07, 6.45) is 4.07. The highest BCUT2D eigenvalue weighted by Gasteiger charge is 2.23. The molecule has 0 spiro atoms. The van der Waals surface area contributed by atoms with E-state index in [1.807, 2.05) is 5.38 Å². The zero-order valence-corrected chi connectivity index (χ0v) is 13.0. The van der Waals surface area contributed by atoms with Crippen LogP contribution >= 0.6 is 11.3 Å². The quantitative estimate of drug-likeness (QED) is 0.836. The number of thiophene rings is 1. The summed E-state index contributed by atoms with van der Waals surface area (Å²) in [5.41, 5.74) is 2.51. The summed E-state index contributed by atoms with van der Waals surface area (Å²) in [6, 6.07) is 12.7. The van der Waals surface area contributed by atoms with E-state index in [0.717, 1.165) is 25.1 Å². The van der Waals surface area contributed by atoms with Crippen molar-refractivity contribution < 1.29 is 4.79 Å². The maximum absolute atomic E-state index is 12.5.